The molecule has 0 amide bonds. The summed E-state index contributed by atoms with van der Waals surface area (Å²) in [7, 11) is 3.40. The third-order valence-corrected chi connectivity index (χ3v) is 4.50. The van der Waals surface area contributed by atoms with E-state index in [9.17, 15) is 9.59 Å². The quantitative estimate of drug-likeness (QED) is 0.900. The highest BCUT2D eigenvalue weighted by Crippen LogP contribution is 2.24. The molecule has 1 atom stereocenters. The van der Waals surface area contributed by atoms with E-state index in [0.29, 0.717) is 17.7 Å². The molecule has 0 spiro atoms. The molecule has 1 saturated heterocycles. The Morgan fingerprint density at radius 1 is 1.27 bits per heavy atom. The Bertz CT molecular complexity index is 808. The van der Waals surface area contributed by atoms with Gasteiger partial charge in [0.05, 0.1) is 6.04 Å². The molecule has 1 unspecified atom stereocenters. The lowest BCUT2D eigenvalue weighted by molar-refractivity contribution is 0.579. The van der Waals surface area contributed by atoms with Crippen LogP contribution in [0.5, 0.6) is 0 Å². The molecule has 0 radical (unpaired) electrons. The number of aromatic nitrogens is 4. The van der Waals surface area contributed by atoms with Crippen LogP contribution in [0.15, 0.2) is 9.59 Å². The van der Waals surface area contributed by atoms with Gasteiger partial charge in [0.1, 0.15) is 5.82 Å². The molecule has 3 rings (SSSR count). The molecule has 0 bridgehead atoms. The van der Waals surface area contributed by atoms with E-state index in [4.69, 9.17) is 0 Å². The Labute approximate surface area is 128 Å². The Morgan fingerprint density at radius 3 is 2.68 bits per heavy atom. The van der Waals surface area contributed by atoms with Crippen molar-refractivity contribution in [3.63, 3.8) is 0 Å². The minimum absolute atomic E-state index is 0.164. The van der Waals surface area contributed by atoms with Crippen LogP contribution >= 0.6 is 0 Å². The molecule has 0 aromatic carbocycles. The van der Waals surface area contributed by atoms with E-state index in [0.717, 1.165) is 38.1 Å². The van der Waals surface area contributed by atoms with Crippen molar-refractivity contribution in [1.29, 1.82) is 0 Å². The Balaban J connectivity index is 2.27. The number of rotatable bonds is 4. The van der Waals surface area contributed by atoms with E-state index in [1.54, 1.807) is 4.57 Å². The van der Waals surface area contributed by atoms with Crippen molar-refractivity contribution < 1.29 is 0 Å². The van der Waals surface area contributed by atoms with Gasteiger partial charge in [0.2, 0.25) is 0 Å². The van der Waals surface area contributed by atoms with Crippen LogP contribution in [0.25, 0.3) is 11.2 Å². The molecule has 2 aromatic rings. The fourth-order valence-electron chi connectivity index (χ4n) is 3.18. The lowest BCUT2D eigenvalue weighted by atomic mass is 10.2. The highest BCUT2D eigenvalue weighted by molar-refractivity contribution is 5.71. The zero-order chi connectivity index (χ0) is 15.9. The molecule has 1 fully saturated rings. The summed E-state index contributed by atoms with van der Waals surface area (Å²) in [6.45, 7) is 3.64. The number of fused-ring (bicyclic) bond motifs is 1. The van der Waals surface area contributed by atoms with Gasteiger partial charge in [-0.05, 0) is 25.8 Å². The average molecular weight is 305 g/mol. The second kappa shape index (κ2) is 5.72. The summed E-state index contributed by atoms with van der Waals surface area (Å²) in [6.07, 6.45) is 3.99. The van der Waals surface area contributed by atoms with Crippen molar-refractivity contribution in [3.8, 4) is 0 Å². The van der Waals surface area contributed by atoms with E-state index in [1.165, 1.54) is 11.6 Å². The molecule has 7 heteroatoms. The third kappa shape index (κ3) is 2.20. The van der Waals surface area contributed by atoms with Gasteiger partial charge in [0, 0.05) is 20.6 Å². The first-order chi connectivity index (χ1) is 10.6. The fraction of sp³-hybridized carbons (Fsp3) is 0.667. The molecule has 22 heavy (non-hydrogen) atoms. The van der Waals surface area contributed by atoms with Crippen molar-refractivity contribution in [2.24, 2.45) is 14.1 Å². The van der Waals surface area contributed by atoms with E-state index in [1.807, 2.05) is 11.6 Å². The van der Waals surface area contributed by atoms with Crippen LogP contribution in [0.2, 0.25) is 0 Å². The van der Waals surface area contributed by atoms with Gasteiger partial charge in [-0.1, -0.05) is 13.3 Å². The lowest BCUT2D eigenvalue weighted by Crippen LogP contribution is -2.38. The molecule has 0 saturated carbocycles. The highest BCUT2D eigenvalue weighted by atomic mass is 16.2. The zero-order valence-electron chi connectivity index (χ0n) is 13.4. The first kappa shape index (κ1) is 15.0. The van der Waals surface area contributed by atoms with Crippen LogP contribution in [-0.2, 0) is 20.6 Å². The monoisotopic (exact) mass is 305 g/mol. The van der Waals surface area contributed by atoms with Gasteiger partial charge in [0.15, 0.2) is 11.2 Å². The van der Waals surface area contributed by atoms with Crippen LogP contribution in [-0.4, -0.2) is 25.2 Å². The number of imidazole rings is 1. The summed E-state index contributed by atoms with van der Waals surface area (Å²) in [5.41, 5.74) is 0.483. The summed E-state index contributed by atoms with van der Waals surface area (Å²) >= 11 is 0. The molecule has 1 aliphatic rings. The standard InChI is InChI=1S/C15H23N5O2/c1-4-5-9-20-13-11(14(21)19(3)15(20)22)18(2)12(17-13)10-7-6-8-16-10/h10,16H,4-9H2,1-3H3. The van der Waals surface area contributed by atoms with Crippen molar-refractivity contribution >= 4 is 11.2 Å². The average Bonchev–Trinajstić information content (AvgIpc) is 3.13. The number of nitrogens with zero attached hydrogens (tertiary/aromatic N) is 4. The molecule has 0 aliphatic carbocycles. The molecule has 1 N–H and O–H groups in total. The van der Waals surface area contributed by atoms with Crippen LogP contribution in [0.3, 0.4) is 0 Å². The first-order valence-corrected chi connectivity index (χ1v) is 7.95. The number of aryl methyl sites for hydroxylation is 2. The summed E-state index contributed by atoms with van der Waals surface area (Å²) in [5, 5.41) is 3.41. The van der Waals surface area contributed by atoms with Gasteiger partial charge in [-0.3, -0.25) is 13.9 Å². The number of hydrogen-bond acceptors (Lipinski definition) is 4. The Morgan fingerprint density at radius 2 is 2.05 bits per heavy atom. The summed E-state index contributed by atoms with van der Waals surface area (Å²) in [5.74, 6) is 0.848. The van der Waals surface area contributed by atoms with E-state index < -0.39 is 0 Å². The normalized spacial score (nSPS) is 18.4. The number of nitrogens with one attached hydrogen (secondary N) is 1. The molecule has 1 aliphatic heterocycles. The maximum absolute atomic E-state index is 12.5. The molecule has 2 aromatic heterocycles. The Kier molecular flexibility index (Phi) is 3.90. The summed E-state index contributed by atoms with van der Waals surface area (Å²) < 4.78 is 4.67. The maximum atomic E-state index is 12.5. The lowest BCUT2D eigenvalue weighted by Gasteiger charge is -2.09. The van der Waals surface area contributed by atoms with Crippen molar-refractivity contribution in [2.75, 3.05) is 6.54 Å². The van der Waals surface area contributed by atoms with Crippen LogP contribution in [0.1, 0.15) is 44.5 Å². The largest absolute Gasteiger partial charge is 0.332 e. The van der Waals surface area contributed by atoms with Gasteiger partial charge in [0.25, 0.3) is 5.56 Å². The van der Waals surface area contributed by atoms with Crippen LogP contribution in [0, 0.1) is 0 Å². The van der Waals surface area contributed by atoms with Crippen LogP contribution < -0.4 is 16.6 Å². The smallest absolute Gasteiger partial charge is 0.324 e. The molecule has 120 valence electrons. The number of hydrogen-bond donors (Lipinski definition) is 1. The topological polar surface area (TPSA) is 73.8 Å². The predicted octanol–water partition coefficient (Wildman–Crippen LogP) is 0.658. The zero-order valence-corrected chi connectivity index (χ0v) is 13.4. The maximum Gasteiger partial charge on any atom is 0.332 e. The van der Waals surface area contributed by atoms with E-state index in [2.05, 4.69) is 17.2 Å². The molecule has 3 heterocycles. The minimum Gasteiger partial charge on any atom is -0.324 e. The molecular formula is C15H23N5O2. The SMILES string of the molecule is CCCCn1c(=O)n(C)c(=O)c2c1nc(C1CCCN1)n2C. The van der Waals surface area contributed by atoms with Gasteiger partial charge >= 0.3 is 5.69 Å². The van der Waals surface area contributed by atoms with Crippen molar-refractivity contribution in [1.82, 2.24) is 24.0 Å². The van der Waals surface area contributed by atoms with E-state index >= 15 is 0 Å². The van der Waals surface area contributed by atoms with Gasteiger partial charge < -0.3 is 9.88 Å². The first-order valence-electron chi connectivity index (χ1n) is 7.95. The van der Waals surface area contributed by atoms with Gasteiger partial charge in [-0.2, -0.15) is 0 Å². The summed E-state index contributed by atoms with van der Waals surface area (Å²) in [6, 6.07) is 0.164. The second-order valence-electron chi connectivity index (χ2n) is 6.00. The van der Waals surface area contributed by atoms with Gasteiger partial charge in [-0.15, -0.1) is 0 Å². The molecule has 7 nitrogen and oxygen atoms in total. The second-order valence-corrected chi connectivity index (χ2v) is 6.00. The fourth-order valence-corrected chi connectivity index (χ4v) is 3.18. The van der Waals surface area contributed by atoms with Crippen LogP contribution in [0.4, 0.5) is 0 Å². The summed E-state index contributed by atoms with van der Waals surface area (Å²) in [4.78, 5) is 29.6. The Hall–Kier alpha value is -1.89. The molecular weight excluding hydrogens is 282 g/mol. The number of unbranched alkanes of at least 4 members (excludes halogenated alkanes) is 1. The van der Waals surface area contributed by atoms with E-state index in [-0.39, 0.29) is 17.3 Å². The van der Waals surface area contributed by atoms with Crippen molar-refractivity contribution in [2.45, 2.75) is 45.2 Å². The predicted molar refractivity (Wildman–Crippen MR) is 85.1 cm³/mol. The van der Waals surface area contributed by atoms with Crippen molar-refractivity contribution in [3.05, 3.63) is 26.7 Å². The third-order valence-electron chi connectivity index (χ3n) is 4.50. The highest BCUT2D eigenvalue weighted by Gasteiger charge is 2.25. The minimum atomic E-state index is -0.282. The van der Waals surface area contributed by atoms with Gasteiger partial charge in [-0.25, -0.2) is 9.78 Å².